The van der Waals surface area contributed by atoms with Gasteiger partial charge in [0, 0.05) is 12.6 Å². The quantitative estimate of drug-likeness (QED) is 0.688. The summed E-state index contributed by atoms with van der Waals surface area (Å²) in [4.78, 5) is 12.3. The van der Waals surface area contributed by atoms with E-state index in [-0.39, 0.29) is 24.6 Å². The third kappa shape index (κ3) is 5.64. The zero-order chi connectivity index (χ0) is 19.3. The van der Waals surface area contributed by atoms with Crippen LogP contribution in [0.4, 0.5) is 17.6 Å². The van der Waals surface area contributed by atoms with Crippen LogP contribution < -0.4 is 11.1 Å². The third-order valence-electron chi connectivity index (χ3n) is 3.73. The van der Waals surface area contributed by atoms with Crippen molar-refractivity contribution in [3.8, 4) is 5.69 Å². The fraction of sp³-hybridized carbons (Fsp3) is 0.438. The maximum Gasteiger partial charge on any atom is 0.435 e. The van der Waals surface area contributed by atoms with Crippen LogP contribution in [-0.4, -0.2) is 33.5 Å². The topological polar surface area (TPSA) is 85.8 Å². The van der Waals surface area contributed by atoms with Gasteiger partial charge in [-0.05, 0) is 24.6 Å². The van der Waals surface area contributed by atoms with Crippen molar-refractivity contribution in [2.45, 2.75) is 38.4 Å². The van der Waals surface area contributed by atoms with Crippen molar-refractivity contribution in [3.05, 3.63) is 41.5 Å². The normalized spacial score (nSPS) is 12.4. The number of nitrogens with one attached hydrogen (secondary N) is 1. The summed E-state index contributed by atoms with van der Waals surface area (Å²) in [7, 11) is 0. The molecule has 0 radical (unpaired) electrons. The number of carbonyl (C=O) groups is 1. The van der Waals surface area contributed by atoms with Gasteiger partial charge >= 0.3 is 6.18 Å². The van der Waals surface area contributed by atoms with E-state index in [1.807, 2.05) is 6.92 Å². The molecule has 1 aromatic heterocycles. The predicted octanol–water partition coefficient (Wildman–Crippen LogP) is 3.09. The number of halogens is 5. The molecule has 1 heterocycles. The second-order valence-electron chi connectivity index (χ2n) is 5.72. The molecule has 150 valence electrons. The first kappa shape index (κ1) is 22.8. The minimum atomic E-state index is -4.91. The number of hydrogen-bond donors (Lipinski definition) is 2. The van der Waals surface area contributed by atoms with Gasteiger partial charge < -0.3 is 11.1 Å². The number of aromatic nitrogens is 3. The molecule has 0 aliphatic carbocycles. The van der Waals surface area contributed by atoms with Crippen molar-refractivity contribution in [3.63, 3.8) is 0 Å². The summed E-state index contributed by atoms with van der Waals surface area (Å²) in [6.07, 6.45) is -2.75. The van der Waals surface area contributed by atoms with Gasteiger partial charge in [0.2, 0.25) is 0 Å². The molecule has 1 unspecified atom stereocenters. The summed E-state index contributed by atoms with van der Waals surface area (Å²) in [6, 6.07) is 3.96. The van der Waals surface area contributed by atoms with Gasteiger partial charge in [0.05, 0.1) is 5.69 Å². The number of nitrogens with two attached hydrogens (primary N) is 1. The summed E-state index contributed by atoms with van der Waals surface area (Å²) in [5.41, 5.74) is 3.12. The fourth-order valence-corrected chi connectivity index (χ4v) is 2.43. The molecule has 0 fully saturated rings. The average molecular weight is 410 g/mol. The van der Waals surface area contributed by atoms with E-state index in [4.69, 9.17) is 5.73 Å². The molecule has 3 N–H and O–H groups in total. The molecule has 6 nitrogen and oxygen atoms in total. The van der Waals surface area contributed by atoms with Gasteiger partial charge in [0.25, 0.3) is 5.91 Å². The van der Waals surface area contributed by atoms with Crippen LogP contribution in [0, 0.1) is 5.82 Å². The van der Waals surface area contributed by atoms with Crippen molar-refractivity contribution >= 4 is 18.3 Å². The van der Waals surface area contributed by atoms with E-state index in [9.17, 15) is 22.4 Å². The van der Waals surface area contributed by atoms with Gasteiger partial charge in [-0.1, -0.05) is 31.0 Å². The maximum atomic E-state index is 13.5. The monoisotopic (exact) mass is 409 g/mol. The Balaban J connectivity index is 0.00000364. The first-order valence-corrected chi connectivity index (χ1v) is 8.07. The fourth-order valence-electron chi connectivity index (χ4n) is 2.43. The van der Waals surface area contributed by atoms with Crippen molar-refractivity contribution in [1.82, 2.24) is 20.3 Å². The molecule has 11 heteroatoms. The number of nitrogens with zero attached hydrogens (tertiary/aromatic N) is 3. The summed E-state index contributed by atoms with van der Waals surface area (Å²) in [6.45, 7) is 2.03. The molecule has 1 aromatic carbocycles. The van der Waals surface area contributed by atoms with E-state index in [0.717, 1.165) is 25.0 Å². The number of benzene rings is 1. The first-order valence-electron chi connectivity index (χ1n) is 8.07. The van der Waals surface area contributed by atoms with Crippen LogP contribution in [0.5, 0.6) is 0 Å². The van der Waals surface area contributed by atoms with Crippen molar-refractivity contribution in [1.29, 1.82) is 0 Å². The van der Waals surface area contributed by atoms with Gasteiger partial charge in [-0.3, -0.25) is 4.79 Å². The number of carbonyl (C=O) groups excluding carboxylic acids is 1. The highest BCUT2D eigenvalue weighted by Gasteiger charge is 2.42. The van der Waals surface area contributed by atoms with Gasteiger partial charge in [0.15, 0.2) is 11.4 Å². The molecule has 0 aliphatic rings. The summed E-state index contributed by atoms with van der Waals surface area (Å²) < 4.78 is 54.3. The number of unbranched alkanes of at least 4 members (excludes halogenated alkanes) is 1. The maximum absolute atomic E-state index is 13.5. The standard InChI is InChI=1S/C16H19F4N5O.ClH/c1-2-3-6-11(9-21)22-15(26)13-14(16(18,19)20)25(24-23-13)12-7-4-5-10(17)8-12;/h4-5,7-8,11H,2-3,6,9,21H2,1H3,(H,22,26);1H. The van der Waals surface area contributed by atoms with E-state index in [1.54, 1.807) is 0 Å². The van der Waals surface area contributed by atoms with Crippen molar-refractivity contribution in [2.75, 3.05) is 6.54 Å². The molecular formula is C16H20ClF4N5O. The van der Waals surface area contributed by atoms with E-state index in [0.29, 0.717) is 11.1 Å². The van der Waals surface area contributed by atoms with Crippen LogP contribution >= 0.6 is 12.4 Å². The lowest BCUT2D eigenvalue weighted by Crippen LogP contribution is -2.41. The highest BCUT2D eigenvalue weighted by molar-refractivity contribution is 5.93. The zero-order valence-corrected chi connectivity index (χ0v) is 15.3. The Hall–Kier alpha value is -2.20. The zero-order valence-electron chi connectivity index (χ0n) is 14.5. The van der Waals surface area contributed by atoms with Crippen LogP contribution in [0.15, 0.2) is 24.3 Å². The largest absolute Gasteiger partial charge is 0.435 e. The molecule has 27 heavy (non-hydrogen) atoms. The summed E-state index contributed by atoms with van der Waals surface area (Å²) >= 11 is 0. The van der Waals surface area contributed by atoms with Gasteiger partial charge in [0.1, 0.15) is 5.82 Å². The molecule has 0 spiro atoms. The van der Waals surface area contributed by atoms with E-state index in [1.165, 1.54) is 12.1 Å². The van der Waals surface area contributed by atoms with E-state index < -0.39 is 35.3 Å². The van der Waals surface area contributed by atoms with E-state index >= 15 is 0 Å². The second kappa shape index (κ2) is 9.65. The number of alkyl halides is 3. The average Bonchev–Trinajstić information content (AvgIpc) is 3.04. The Kier molecular flexibility index (Phi) is 8.17. The molecule has 1 amide bonds. The van der Waals surface area contributed by atoms with Gasteiger partial charge in [-0.2, -0.15) is 13.2 Å². The van der Waals surface area contributed by atoms with Crippen molar-refractivity contribution < 1.29 is 22.4 Å². The summed E-state index contributed by atoms with van der Waals surface area (Å²) in [5.74, 6) is -1.76. The molecule has 0 bridgehead atoms. The van der Waals surface area contributed by atoms with Crippen LogP contribution in [-0.2, 0) is 6.18 Å². The molecule has 2 rings (SSSR count). The number of hydrogen-bond acceptors (Lipinski definition) is 4. The SMILES string of the molecule is CCCCC(CN)NC(=O)c1nnn(-c2cccc(F)c2)c1C(F)(F)F.Cl. The molecule has 0 saturated carbocycles. The summed E-state index contributed by atoms with van der Waals surface area (Å²) in [5, 5.41) is 9.22. The lowest BCUT2D eigenvalue weighted by Gasteiger charge is -2.16. The Morgan fingerprint density at radius 2 is 2.07 bits per heavy atom. The van der Waals surface area contributed by atoms with Crippen LogP contribution in [0.1, 0.15) is 42.4 Å². The minimum absolute atomic E-state index is 0. The lowest BCUT2D eigenvalue weighted by atomic mass is 10.1. The predicted molar refractivity (Wildman–Crippen MR) is 93.4 cm³/mol. The molecular weight excluding hydrogens is 390 g/mol. The van der Waals surface area contributed by atoms with Crippen LogP contribution in [0.25, 0.3) is 5.69 Å². The van der Waals surface area contributed by atoms with E-state index in [2.05, 4.69) is 15.6 Å². The lowest BCUT2D eigenvalue weighted by molar-refractivity contribution is -0.143. The molecule has 1 atom stereocenters. The molecule has 0 aliphatic heterocycles. The minimum Gasteiger partial charge on any atom is -0.347 e. The Labute approximate surface area is 159 Å². The first-order chi connectivity index (χ1) is 12.3. The molecule has 2 aromatic rings. The van der Waals surface area contributed by atoms with Crippen molar-refractivity contribution in [2.24, 2.45) is 5.73 Å². The third-order valence-corrected chi connectivity index (χ3v) is 3.73. The number of amides is 1. The van der Waals surface area contributed by atoms with Crippen LogP contribution in [0.3, 0.4) is 0 Å². The molecule has 0 saturated heterocycles. The second-order valence-corrected chi connectivity index (χ2v) is 5.72. The smallest absolute Gasteiger partial charge is 0.347 e. The highest BCUT2D eigenvalue weighted by Crippen LogP contribution is 2.32. The Morgan fingerprint density at radius 3 is 2.63 bits per heavy atom. The Bertz CT molecular complexity index is 766. The van der Waals surface area contributed by atoms with Gasteiger partial charge in [-0.15, -0.1) is 17.5 Å². The Morgan fingerprint density at radius 1 is 1.37 bits per heavy atom. The highest BCUT2D eigenvalue weighted by atomic mass is 35.5. The van der Waals surface area contributed by atoms with Crippen LogP contribution in [0.2, 0.25) is 0 Å². The van der Waals surface area contributed by atoms with Gasteiger partial charge in [-0.25, -0.2) is 9.07 Å². The number of rotatable bonds is 7.